The summed E-state index contributed by atoms with van der Waals surface area (Å²) in [4.78, 5) is 10.7. The smallest absolute Gasteiger partial charge is 0.310 e. The normalized spacial score (nSPS) is 44.2. The van der Waals surface area contributed by atoms with Gasteiger partial charge in [0.2, 0.25) is 0 Å². The summed E-state index contributed by atoms with van der Waals surface area (Å²) in [7, 11) is 0. The van der Waals surface area contributed by atoms with E-state index in [0.717, 1.165) is 19.3 Å². The van der Waals surface area contributed by atoms with Gasteiger partial charge in [0.1, 0.15) is 0 Å². The standard InChI is InChI=1S/C7H11NO2/c9-6(10)7-2-1-5(3-7)8-4-7/h5,8H,1-4H2,(H,9,10)/t5-,7-/m1/s1. The van der Waals surface area contributed by atoms with Gasteiger partial charge in [-0.25, -0.2) is 0 Å². The van der Waals surface area contributed by atoms with Crippen LogP contribution in [-0.2, 0) is 4.79 Å². The molecule has 1 aliphatic heterocycles. The van der Waals surface area contributed by atoms with Gasteiger partial charge in [0, 0.05) is 12.6 Å². The number of carboxylic acid groups (broad SMARTS) is 1. The number of carbonyl (C=O) groups is 1. The number of hydrogen-bond donors (Lipinski definition) is 2. The quantitative estimate of drug-likeness (QED) is 0.549. The maximum atomic E-state index is 10.7. The van der Waals surface area contributed by atoms with Crippen LogP contribution in [-0.4, -0.2) is 23.7 Å². The van der Waals surface area contributed by atoms with Crippen LogP contribution in [0.3, 0.4) is 0 Å². The van der Waals surface area contributed by atoms with Gasteiger partial charge in [-0.2, -0.15) is 0 Å². The summed E-state index contributed by atoms with van der Waals surface area (Å²) in [6.07, 6.45) is 2.77. The Labute approximate surface area is 59.4 Å². The predicted octanol–water partition coefficient (Wildman–Crippen LogP) is 0.213. The van der Waals surface area contributed by atoms with E-state index < -0.39 is 5.97 Å². The van der Waals surface area contributed by atoms with E-state index >= 15 is 0 Å². The van der Waals surface area contributed by atoms with Crippen LogP contribution in [0, 0.1) is 5.41 Å². The topological polar surface area (TPSA) is 49.3 Å². The van der Waals surface area contributed by atoms with E-state index in [9.17, 15) is 4.79 Å². The van der Waals surface area contributed by atoms with Gasteiger partial charge in [0.05, 0.1) is 5.41 Å². The highest BCUT2D eigenvalue weighted by Crippen LogP contribution is 2.42. The van der Waals surface area contributed by atoms with Crippen LogP contribution in [0.25, 0.3) is 0 Å². The molecule has 10 heavy (non-hydrogen) atoms. The molecule has 3 heteroatoms. The number of carboxylic acids is 1. The molecule has 56 valence electrons. The Bertz CT molecular complexity index is 170. The van der Waals surface area contributed by atoms with Gasteiger partial charge in [0.25, 0.3) is 0 Å². The average Bonchev–Trinajstić information content (AvgIpc) is 2.45. The third kappa shape index (κ3) is 0.611. The number of nitrogens with one attached hydrogen (secondary N) is 1. The molecule has 0 aromatic carbocycles. The summed E-state index contributed by atoms with van der Waals surface area (Å²) in [5, 5.41) is 12.0. The number of aliphatic carboxylic acids is 1. The second-order valence-corrected chi connectivity index (χ2v) is 3.41. The molecule has 1 heterocycles. The molecule has 2 aliphatic rings. The fourth-order valence-electron chi connectivity index (χ4n) is 2.07. The zero-order valence-corrected chi connectivity index (χ0v) is 5.76. The van der Waals surface area contributed by atoms with Crippen molar-refractivity contribution in [3.8, 4) is 0 Å². The molecule has 2 rings (SSSR count). The highest BCUT2D eigenvalue weighted by atomic mass is 16.4. The van der Waals surface area contributed by atoms with E-state index in [1.807, 2.05) is 0 Å². The fraction of sp³-hybridized carbons (Fsp3) is 0.857. The molecule has 2 atom stereocenters. The van der Waals surface area contributed by atoms with Gasteiger partial charge in [-0.05, 0) is 19.3 Å². The molecule has 1 saturated carbocycles. The maximum Gasteiger partial charge on any atom is 0.310 e. The number of hydrogen-bond acceptors (Lipinski definition) is 2. The van der Waals surface area contributed by atoms with Gasteiger partial charge in [-0.15, -0.1) is 0 Å². The highest BCUT2D eigenvalue weighted by molar-refractivity contribution is 5.76. The molecular weight excluding hydrogens is 130 g/mol. The Kier molecular flexibility index (Phi) is 1.06. The van der Waals surface area contributed by atoms with Gasteiger partial charge >= 0.3 is 5.97 Å². The Hall–Kier alpha value is -0.570. The van der Waals surface area contributed by atoms with Crippen molar-refractivity contribution in [1.82, 2.24) is 5.32 Å². The van der Waals surface area contributed by atoms with Crippen molar-refractivity contribution in [1.29, 1.82) is 0 Å². The second-order valence-electron chi connectivity index (χ2n) is 3.41. The summed E-state index contributed by atoms with van der Waals surface area (Å²) in [6, 6.07) is 0.496. The van der Waals surface area contributed by atoms with E-state index in [0.29, 0.717) is 12.6 Å². The molecular formula is C7H11NO2. The van der Waals surface area contributed by atoms with Crippen LogP contribution in [0.1, 0.15) is 19.3 Å². The minimum Gasteiger partial charge on any atom is -0.481 e. The third-order valence-corrected chi connectivity index (χ3v) is 2.79. The Morgan fingerprint density at radius 2 is 2.50 bits per heavy atom. The summed E-state index contributed by atoms with van der Waals surface area (Å²) in [5.41, 5.74) is -0.384. The van der Waals surface area contributed by atoms with Crippen LogP contribution >= 0.6 is 0 Å². The molecule has 2 N–H and O–H groups in total. The lowest BCUT2D eigenvalue weighted by Crippen LogP contribution is -2.35. The largest absolute Gasteiger partial charge is 0.481 e. The minimum atomic E-state index is -0.611. The number of fused-ring (bicyclic) bond motifs is 2. The molecule has 2 fully saturated rings. The molecule has 3 nitrogen and oxygen atoms in total. The Morgan fingerprint density at radius 3 is 2.70 bits per heavy atom. The molecule has 1 aliphatic carbocycles. The maximum absolute atomic E-state index is 10.7. The zero-order chi connectivity index (χ0) is 7.19. The molecule has 0 aromatic heterocycles. The summed E-state index contributed by atoms with van der Waals surface area (Å²) in [5.74, 6) is -0.611. The van der Waals surface area contributed by atoms with Crippen LogP contribution < -0.4 is 5.32 Å². The van der Waals surface area contributed by atoms with Crippen LogP contribution in [0.15, 0.2) is 0 Å². The lowest BCUT2D eigenvalue weighted by Gasteiger charge is -2.20. The fourth-order valence-corrected chi connectivity index (χ4v) is 2.07. The van der Waals surface area contributed by atoms with Crippen molar-refractivity contribution < 1.29 is 9.90 Å². The van der Waals surface area contributed by atoms with Gasteiger partial charge in [-0.1, -0.05) is 0 Å². The SMILES string of the molecule is O=C(O)[C@]12CC[C@H](C1)NC2. The summed E-state index contributed by atoms with van der Waals surface area (Å²) in [6.45, 7) is 0.687. The molecule has 2 bridgehead atoms. The lowest BCUT2D eigenvalue weighted by molar-refractivity contribution is -0.147. The first kappa shape index (κ1) is 6.16. The first-order valence-electron chi connectivity index (χ1n) is 3.70. The number of rotatable bonds is 1. The molecule has 0 unspecified atom stereocenters. The monoisotopic (exact) mass is 141 g/mol. The van der Waals surface area contributed by atoms with E-state index in [2.05, 4.69) is 5.32 Å². The minimum absolute atomic E-state index is 0.384. The molecule has 1 saturated heterocycles. The summed E-state index contributed by atoms with van der Waals surface area (Å²) >= 11 is 0. The van der Waals surface area contributed by atoms with Crippen molar-refractivity contribution in [2.24, 2.45) is 5.41 Å². The molecule has 0 spiro atoms. The molecule has 0 aromatic rings. The van der Waals surface area contributed by atoms with E-state index in [1.54, 1.807) is 0 Å². The van der Waals surface area contributed by atoms with Crippen LogP contribution in [0.5, 0.6) is 0 Å². The van der Waals surface area contributed by atoms with Crippen LogP contribution in [0.2, 0.25) is 0 Å². The first-order valence-corrected chi connectivity index (χ1v) is 3.70. The predicted molar refractivity (Wildman–Crippen MR) is 35.7 cm³/mol. The van der Waals surface area contributed by atoms with E-state index in [4.69, 9.17) is 5.11 Å². The van der Waals surface area contributed by atoms with E-state index in [1.165, 1.54) is 0 Å². The van der Waals surface area contributed by atoms with Crippen molar-refractivity contribution >= 4 is 5.97 Å². The van der Waals surface area contributed by atoms with Crippen molar-refractivity contribution in [3.05, 3.63) is 0 Å². The number of piperidine rings is 1. The van der Waals surface area contributed by atoms with Crippen molar-refractivity contribution in [2.75, 3.05) is 6.54 Å². The zero-order valence-electron chi connectivity index (χ0n) is 5.76. The van der Waals surface area contributed by atoms with Crippen molar-refractivity contribution in [2.45, 2.75) is 25.3 Å². The van der Waals surface area contributed by atoms with E-state index in [-0.39, 0.29) is 5.41 Å². The van der Waals surface area contributed by atoms with Crippen LogP contribution in [0.4, 0.5) is 0 Å². The van der Waals surface area contributed by atoms with Gasteiger partial charge in [-0.3, -0.25) is 4.79 Å². The summed E-state index contributed by atoms with van der Waals surface area (Å²) < 4.78 is 0. The van der Waals surface area contributed by atoms with Gasteiger partial charge in [0.15, 0.2) is 0 Å². The Balaban J connectivity index is 2.23. The Morgan fingerprint density at radius 1 is 1.70 bits per heavy atom. The molecule has 0 amide bonds. The third-order valence-electron chi connectivity index (χ3n) is 2.79. The lowest BCUT2D eigenvalue weighted by atomic mass is 9.88. The van der Waals surface area contributed by atoms with Crippen molar-refractivity contribution in [3.63, 3.8) is 0 Å². The molecule has 0 radical (unpaired) electrons. The highest BCUT2D eigenvalue weighted by Gasteiger charge is 2.50. The first-order chi connectivity index (χ1) is 4.73. The second kappa shape index (κ2) is 1.72. The average molecular weight is 141 g/mol. The van der Waals surface area contributed by atoms with Gasteiger partial charge < -0.3 is 10.4 Å².